The van der Waals surface area contributed by atoms with Crippen LogP contribution in [-0.4, -0.2) is 41.0 Å². The largest absolute Gasteiger partial charge is 0.480 e. The van der Waals surface area contributed by atoms with Crippen LogP contribution < -0.4 is 11.1 Å². The second-order valence-electron chi connectivity index (χ2n) is 4.11. The number of nitrogens with one attached hydrogen (secondary N) is 1. The fourth-order valence-corrected chi connectivity index (χ4v) is 1.84. The second-order valence-corrected chi connectivity index (χ2v) is 5.02. The molecule has 0 bridgehead atoms. The molecule has 0 radical (unpaired) electrons. The Balaban J connectivity index is 2.86. The van der Waals surface area contributed by atoms with E-state index < -0.39 is 31.0 Å². The fourth-order valence-electron chi connectivity index (χ4n) is 1.47. The molecule has 0 heterocycles. The number of nitrogens with zero attached hydrogens (tertiary/aromatic N) is 1. The first-order valence-corrected chi connectivity index (χ1v) is 6.41. The fraction of sp³-hybridized carbons (Fsp3) is 0.250. The zero-order chi connectivity index (χ0) is 15.3. The number of carbonyl (C=O) groups is 3. The Kier molecular flexibility index (Phi) is 5.51. The minimum atomic E-state index is -1.23. The first kappa shape index (κ1) is 16.0. The van der Waals surface area contributed by atoms with Crippen molar-refractivity contribution in [3.05, 3.63) is 28.2 Å². The van der Waals surface area contributed by atoms with Crippen LogP contribution in [0.1, 0.15) is 5.56 Å². The standard InChI is InChI=1S/C12H14BrN3O4/c1-7-2-3-8(13)4-9(7)15-12(20)16(5-10(14)17)6-11(18)19/h2-4H,5-6H2,1H3,(H2,14,17)(H,15,20)(H,18,19). The third-order valence-corrected chi connectivity index (χ3v) is 2.89. The Labute approximate surface area is 123 Å². The van der Waals surface area contributed by atoms with E-state index in [1.807, 2.05) is 6.07 Å². The molecule has 0 aliphatic rings. The van der Waals surface area contributed by atoms with Crippen molar-refractivity contribution in [2.45, 2.75) is 6.92 Å². The Hall–Kier alpha value is -2.09. The monoisotopic (exact) mass is 343 g/mol. The van der Waals surface area contributed by atoms with Crippen LogP contribution in [0.4, 0.5) is 10.5 Å². The summed E-state index contributed by atoms with van der Waals surface area (Å²) in [4.78, 5) is 34.4. The van der Waals surface area contributed by atoms with Crippen molar-refractivity contribution in [1.29, 1.82) is 0 Å². The summed E-state index contributed by atoms with van der Waals surface area (Å²) in [5.74, 6) is -2.01. The van der Waals surface area contributed by atoms with Crippen molar-refractivity contribution >= 4 is 39.5 Å². The summed E-state index contributed by atoms with van der Waals surface area (Å²) in [7, 11) is 0. The molecule has 0 spiro atoms. The van der Waals surface area contributed by atoms with Gasteiger partial charge in [-0.2, -0.15) is 0 Å². The number of rotatable bonds is 5. The lowest BCUT2D eigenvalue weighted by molar-refractivity contribution is -0.137. The van der Waals surface area contributed by atoms with E-state index in [-0.39, 0.29) is 0 Å². The summed E-state index contributed by atoms with van der Waals surface area (Å²) in [6.45, 7) is 0.713. The lowest BCUT2D eigenvalue weighted by Gasteiger charge is -2.20. The van der Waals surface area contributed by atoms with E-state index in [2.05, 4.69) is 21.2 Å². The lowest BCUT2D eigenvalue weighted by atomic mass is 10.2. The highest BCUT2D eigenvalue weighted by Crippen LogP contribution is 2.20. The van der Waals surface area contributed by atoms with Crippen molar-refractivity contribution < 1.29 is 19.5 Å². The Morgan fingerprint density at radius 1 is 1.35 bits per heavy atom. The molecule has 0 aliphatic heterocycles. The van der Waals surface area contributed by atoms with Crippen LogP contribution in [-0.2, 0) is 9.59 Å². The van der Waals surface area contributed by atoms with Crippen LogP contribution in [0.15, 0.2) is 22.7 Å². The highest BCUT2D eigenvalue weighted by atomic mass is 79.9. The normalized spacial score (nSPS) is 9.90. The maximum absolute atomic E-state index is 12.0. The summed E-state index contributed by atoms with van der Waals surface area (Å²) < 4.78 is 0.762. The van der Waals surface area contributed by atoms with Gasteiger partial charge in [0.2, 0.25) is 5.91 Å². The molecule has 0 atom stereocenters. The number of aliphatic carboxylic acids is 1. The predicted molar refractivity (Wildman–Crippen MR) is 76.3 cm³/mol. The number of hydrogen-bond donors (Lipinski definition) is 3. The number of nitrogens with two attached hydrogens (primary N) is 1. The number of benzene rings is 1. The SMILES string of the molecule is Cc1ccc(Br)cc1NC(=O)N(CC(N)=O)CC(=O)O. The van der Waals surface area contributed by atoms with Crippen LogP contribution >= 0.6 is 15.9 Å². The van der Waals surface area contributed by atoms with Gasteiger partial charge in [-0.15, -0.1) is 0 Å². The van der Waals surface area contributed by atoms with Crippen molar-refractivity contribution in [3.8, 4) is 0 Å². The molecule has 108 valence electrons. The van der Waals surface area contributed by atoms with Crippen molar-refractivity contribution in [1.82, 2.24) is 4.90 Å². The third-order valence-electron chi connectivity index (χ3n) is 2.40. The van der Waals surface area contributed by atoms with Gasteiger partial charge in [-0.1, -0.05) is 22.0 Å². The van der Waals surface area contributed by atoms with Gasteiger partial charge in [-0.25, -0.2) is 4.79 Å². The molecule has 1 aromatic rings. The molecule has 20 heavy (non-hydrogen) atoms. The highest BCUT2D eigenvalue weighted by Gasteiger charge is 2.19. The molecule has 0 aliphatic carbocycles. The molecule has 0 saturated heterocycles. The molecule has 0 aromatic heterocycles. The number of carboxylic acids is 1. The molecular weight excluding hydrogens is 330 g/mol. The van der Waals surface area contributed by atoms with E-state index in [1.54, 1.807) is 19.1 Å². The molecule has 8 heteroatoms. The summed E-state index contributed by atoms with van der Waals surface area (Å²) in [5, 5.41) is 11.3. The second kappa shape index (κ2) is 6.90. The number of primary amides is 1. The molecule has 1 rings (SSSR count). The van der Waals surface area contributed by atoms with Gasteiger partial charge >= 0.3 is 12.0 Å². The number of amides is 3. The number of hydrogen-bond acceptors (Lipinski definition) is 3. The Bertz CT molecular complexity index is 532. The van der Waals surface area contributed by atoms with Gasteiger partial charge < -0.3 is 21.1 Å². The van der Waals surface area contributed by atoms with Crippen molar-refractivity contribution in [2.24, 2.45) is 5.73 Å². The van der Waals surface area contributed by atoms with Crippen LogP contribution in [0.5, 0.6) is 0 Å². The van der Waals surface area contributed by atoms with Gasteiger partial charge in [-0.3, -0.25) is 9.59 Å². The minimum absolute atomic E-state index is 0.467. The molecule has 0 fully saturated rings. The Morgan fingerprint density at radius 3 is 2.55 bits per heavy atom. The van der Waals surface area contributed by atoms with Gasteiger partial charge in [0.05, 0.1) is 0 Å². The highest BCUT2D eigenvalue weighted by molar-refractivity contribution is 9.10. The summed E-state index contributed by atoms with van der Waals surface area (Å²) >= 11 is 3.27. The molecule has 0 unspecified atom stereocenters. The zero-order valence-corrected chi connectivity index (χ0v) is 12.3. The van der Waals surface area contributed by atoms with E-state index >= 15 is 0 Å². The quantitative estimate of drug-likeness (QED) is 0.744. The van der Waals surface area contributed by atoms with E-state index in [1.165, 1.54) is 0 Å². The van der Waals surface area contributed by atoms with Gasteiger partial charge in [0, 0.05) is 10.2 Å². The van der Waals surface area contributed by atoms with E-state index in [9.17, 15) is 14.4 Å². The van der Waals surface area contributed by atoms with Crippen molar-refractivity contribution in [2.75, 3.05) is 18.4 Å². The molecular formula is C12H14BrN3O4. The summed E-state index contributed by atoms with van der Waals surface area (Å²) in [6.07, 6.45) is 0. The van der Waals surface area contributed by atoms with Crippen LogP contribution in [0.2, 0.25) is 0 Å². The molecule has 3 amide bonds. The smallest absolute Gasteiger partial charge is 0.323 e. The van der Waals surface area contributed by atoms with Crippen LogP contribution in [0, 0.1) is 6.92 Å². The maximum atomic E-state index is 12.0. The Morgan fingerprint density at radius 2 is 2.00 bits per heavy atom. The minimum Gasteiger partial charge on any atom is -0.480 e. The number of carboxylic acid groups (broad SMARTS) is 1. The molecule has 0 saturated carbocycles. The van der Waals surface area contributed by atoms with Gasteiger partial charge in [0.25, 0.3) is 0 Å². The molecule has 1 aromatic carbocycles. The summed E-state index contributed by atoms with van der Waals surface area (Å²) in [6, 6.07) is 4.57. The first-order valence-electron chi connectivity index (χ1n) is 5.61. The van der Waals surface area contributed by atoms with E-state index in [0.717, 1.165) is 14.9 Å². The number of aryl methyl sites for hydroxylation is 1. The topological polar surface area (TPSA) is 113 Å². The summed E-state index contributed by atoms with van der Waals surface area (Å²) in [5.41, 5.74) is 6.31. The zero-order valence-electron chi connectivity index (χ0n) is 10.7. The number of carbonyl (C=O) groups excluding carboxylic acids is 2. The average Bonchev–Trinajstić information content (AvgIpc) is 2.31. The predicted octanol–water partition coefficient (Wildman–Crippen LogP) is 1.16. The van der Waals surface area contributed by atoms with Crippen molar-refractivity contribution in [3.63, 3.8) is 0 Å². The number of urea groups is 1. The average molecular weight is 344 g/mol. The van der Waals surface area contributed by atoms with Gasteiger partial charge in [0.1, 0.15) is 13.1 Å². The van der Waals surface area contributed by atoms with E-state index in [0.29, 0.717) is 5.69 Å². The van der Waals surface area contributed by atoms with E-state index in [4.69, 9.17) is 10.8 Å². The number of halogens is 1. The van der Waals surface area contributed by atoms with Crippen LogP contribution in [0.25, 0.3) is 0 Å². The van der Waals surface area contributed by atoms with Gasteiger partial charge in [0.15, 0.2) is 0 Å². The molecule has 7 nitrogen and oxygen atoms in total. The first-order chi connectivity index (χ1) is 9.29. The van der Waals surface area contributed by atoms with Crippen LogP contribution in [0.3, 0.4) is 0 Å². The maximum Gasteiger partial charge on any atom is 0.323 e. The third kappa shape index (κ3) is 4.88. The molecule has 4 N–H and O–H groups in total. The van der Waals surface area contributed by atoms with Gasteiger partial charge in [-0.05, 0) is 24.6 Å². The lowest BCUT2D eigenvalue weighted by Crippen LogP contribution is -2.43. The number of anilines is 1.